The Kier molecular flexibility index (Phi) is 4.04. The summed E-state index contributed by atoms with van der Waals surface area (Å²) in [5.41, 5.74) is 2.83. The van der Waals surface area contributed by atoms with Crippen molar-refractivity contribution in [2.75, 3.05) is 13.1 Å². The molecule has 0 bridgehead atoms. The molecule has 1 atom stereocenters. The van der Waals surface area contributed by atoms with Gasteiger partial charge in [-0.3, -0.25) is 4.79 Å². The fourth-order valence-electron chi connectivity index (χ4n) is 5.39. The van der Waals surface area contributed by atoms with E-state index >= 15 is 0 Å². The molecule has 1 spiro atoms. The molecule has 1 aliphatic heterocycles. The highest BCUT2D eigenvalue weighted by Gasteiger charge is 2.53. The van der Waals surface area contributed by atoms with Crippen molar-refractivity contribution in [2.45, 2.75) is 76.7 Å². The highest BCUT2D eigenvalue weighted by atomic mass is 16.3. The molecule has 142 valence electrons. The van der Waals surface area contributed by atoms with Crippen LogP contribution in [0, 0.1) is 11.3 Å². The molecule has 1 N–H and O–H groups in total. The maximum atomic E-state index is 12.6. The highest BCUT2D eigenvalue weighted by Crippen LogP contribution is 2.53. The van der Waals surface area contributed by atoms with Crippen LogP contribution in [0.1, 0.15) is 76.8 Å². The van der Waals surface area contributed by atoms with Crippen molar-refractivity contribution in [1.29, 1.82) is 0 Å². The van der Waals surface area contributed by atoms with Gasteiger partial charge in [0.15, 0.2) is 0 Å². The molecular weight excluding hydrogens is 322 g/mol. The number of nitrogens with zero attached hydrogens (tertiary/aromatic N) is 1. The second-order valence-electron chi connectivity index (χ2n) is 10.6. The van der Waals surface area contributed by atoms with Crippen LogP contribution >= 0.6 is 0 Å². The fourth-order valence-corrected chi connectivity index (χ4v) is 5.39. The van der Waals surface area contributed by atoms with E-state index in [1.54, 1.807) is 0 Å². The zero-order valence-electron chi connectivity index (χ0n) is 16.7. The van der Waals surface area contributed by atoms with Gasteiger partial charge >= 0.3 is 0 Å². The van der Waals surface area contributed by atoms with Gasteiger partial charge in [-0.1, -0.05) is 45.0 Å². The number of hydrogen-bond donors (Lipinski definition) is 1. The van der Waals surface area contributed by atoms with E-state index in [-0.39, 0.29) is 17.2 Å². The first-order valence-electron chi connectivity index (χ1n) is 10.2. The van der Waals surface area contributed by atoms with Crippen molar-refractivity contribution in [3.8, 4) is 0 Å². The predicted molar refractivity (Wildman–Crippen MR) is 104 cm³/mol. The average Bonchev–Trinajstić information content (AvgIpc) is 2.95. The van der Waals surface area contributed by atoms with Gasteiger partial charge in [-0.2, -0.15) is 0 Å². The Bertz CT molecular complexity index is 701. The van der Waals surface area contributed by atoms with Gasteiger partial charge in [-0.05, 0) is 61.5 Å². The molecule has 1 aromatic carbocycles. The number of rotatable bonds is 2. The van der Waals surface area contributed by atoms with Crippen LogP contribution in [0.25, 0.3) is 0 Å². The summed E-state index contributed by atoms with van der Waals surface area (Å²) in [6.07, 6.45) is 4.97. The van der Waals surface area contributed by atoms with Crippen LogP contribution in [0.4, 0.5) is 0 Å². The van der Waals surface area contributed by atoms with Crippen molar-refractivity contribution in [2.24, 2.45) is 11.3 Å². The molecule has 2 saturated carbocycles. The molecule has 3 heteroatoms. The minimum absolute atomic E-state index is 0.0583. The monoisotopic (exact) mass is 355 g/mol. The largest absolute Gasteiger partial charge is 0.390 e. The van der Waals surface area contributed by atoms with Gasteiger partial charge in [0.05, 0.1) is 5.60 Å². The maximum Gasteiger partial charge on any atom is 0.225 e. The van der Waals surface area contributed by atoms with Crippen LogP contribution in [-0.2, 0) is 10.2 Å². The van der Waals surface area contributed by atoms with E-state index in [1.165, 1.54) is 30.4 Å². The van der Waals surface area contributed by atoms with Crippen LogP contribution in [-0.4, -0.2) is 34.6 Å². The molecule has 2 aliphatic carbocycles. The summed E-state index contributed by atoms with van der Waals surface area (Å²) in [7, 11) is 0. The molecule has 1 aromatic rings. The first kappa shape index (κ1) is 18.0. The minimum Gasteiger partial charge on any atom is -0.390 e. The van der Waals surface area contributed by atoms with Gasteiger partial charge in [-0.15, -0.1) is 0 Å². The lowest BCUT2D eigenvalue weighted by Crippen LogP contribution is -2.61. The van der Waals surface area contributed by atoms with E-state index in [4.69, 9.17) is 0 Å². The van der Waals surface area contributed by atoms with Crippen LogP contribution in [0.3, 0.4) is 0 Å². The van der Waals surface area contributed by atoms with Gasteiger partial charge < -0.3 is 10.0 Å². The van der Waals surface area contributed by atoms with Crippen LogP contribution in [0.2, 0.25) is 0 Å². The quantitative estimate of drug-likeness (QED) is 0.862. The summed E-state index contributed by atoms with van der Waals surface area (Å²) in [6.45, 7) is 10.5. The molecule has 3 nitrogen and oxygen atoms in total. The Hall–Kier alpha value is -1.35. The van der Waals surface area contributed by atoms with Crippen molar-refractivity contribution < 1.29 is 9.90 Å². The standard InChI is InChI=1S/C23H33NO2/c1-21(2,3)19-7-5-6-16(10-19)17-8-9-23(13-17)14-24(15-23)20(25)18-11-22(4,26)12-18/h5-7,10,17-18,26H,8-9,11-15H2,1-4H3/t17-,18?,22?/m0/s1. The number of amides is 1. The number of aliphatic hydroxyl groups is 1. The number of likely N-dealkylation sites (tertiary alicyclic amines) is 1. The Morgan fingerprint density at radius 1 is 1.19 bits per heavy atom. The van der Waals surface area contributed by atoms with Gasteiger partial charge in [0.1, 0.15) is 0 Å². The van der Waals surface area contributed by atoms with E-state index < -0.39 is 5.60 Å². The maximum absolute atomic E-state index is 12.6. The number of carbonyl (C=O) groups is 1. The SMILES string of the molecule is CC1(O)CC(C(=O)N2CC3(CC[C@H](c4cccc(C(C)(C)C)c4)C3)C2)C1. The lowest BCUT2D eigenvalue weighted by Gasteiger charge is -2.52. The van der Waals surface area contributed by atoms with Gasteiger partial charge in [-0.25, -0.2) is 0 Å². The molecule has 0 aromatic heterocycles. The molecule has 4 rings (SSSR count). The van der Waals surface area contributed by atoms with Gasteiger partial charge in [0.25, 0.3) is 0 Å². The van der Waals surface area contributed by atoms with E-state index in [2.05, 4.69) is 45.0 Å². The second kappa shape index (κ2) is 5.82. The molecule has 0 radical (unpaired) electrons. The average molecular weight is 356 g/mol. The highest BCUT2D eigenvalue weighted by molar-refractivity contribution is 5.81. The van der Waals surface area contributed by atoms with Crippen LogP contribution < -0.4 is 0 Å². The van der Waals surface area contributed by atoms with Crippen molar-refractivity contribution in [1.82, 2.24) is 4.90 Å². The lowest BCUT2D eigenvalue weighted by molar-refractivity contribution is -0.161. The first-order valence-corrected chi connectivity index (χ1v) is 10.2. The van der Waals surface area contributed by atoms with E-state index in [0.29, 0.717) is 24.2 Å². The summed E-state index contributed by atoms with van der Waals surface area (Å²) in [4.78, 5) is 14.6. The lowest BCUT2D eigenvalue weighted by atomic mass is 9.69. The van der Waals surface area contributed by atoms with E-state index in [9.17, 15) is 9.90 Å². The normalized spacial score (nSPS) is 33.0. The van der Waals surface area contributed by atoms with E-state index in [1.807, 2.05) is 11.8 Å². The smallest absolute Gasteiger partial charge is 0.225 e. The van der Waals surface area contributed by atoms with Crippen LogP contribution in [0.5, 0.6) is 0 Å². The summed E-state index contributed by atoms with van der Waals surface area (Å²) < 4.78 is 0. The number of benzene rings is 1. The predicted octanol–water partition coefficient (Wildman–Crippen LogP) is 4.24. The number of carbonyl (C=O) groups excluding carboxylic acids is 1. The van der Waals surface area contributed by atoms with Crippen molar-refractivity contribution >= 4 is 5.91 Å². The zero-order chi connectivity index (χ0) is 18.7. The topological polar surface area (TPSA) is 40.5 Å². The van der Waals surface area contributed by atoms with Gasteiger partial charge in [0, 0.05) is 24.4 Å². The fraction of sp³-hybridized carbons (Fsp3) is 0.696. The molecular formula is C23H33NO2. The summed E-state index contributed by atoms with van der Waals surface area (Å²) >= 11 is 0. The Balaban J connectivity index is 1.36. The molecule has 3 fully saturated rings. The molecule has 1 amide bonds. The molecule has 0 unspecified atom stereocenters. The minimum atomic E-state index is -0.612. The third-order valence-electron chi connectivity index (χ3n) is 7.01. The third-order valence-corrected chi connectivity index (χ3v) is 7.01. The summed E-state index contributed by atoms with van der Waals surface area (Å²) in [5, 5.41) is 9.88. The van der Waals surface area contributed by atoms with E-state index in [0.717, 1.165) is 13.1 Å². The molecule has 3 aliphatic rings. The second-order valence-corrected chi connectivity index (χ2v) is 10.6. The molecule has 26 heavy (non-hydrogen) atoms. The van der Waals surface area contributed by atoms with Crippen molar-refractivity contribution in [3.05, 3.63) is 35.4 Å². The van der Waals surface area contributed by atoms with Crippen molar-refractivity contribution in [3.63, 3.8) is 0 Å². The molecule has 1 heterocycles. The summed E-state index contributed by atoms with van der Waals surface area (Å²) in [5.74, 6) is 0.974. The number of hydrogen-bond acceptors (Lipinski definition) is 2. The van der Waals surface area contributed by atoms with Crippen LogP contribution in [0.15, 0.2) is 24.3 Å². The molecule has 1 saturated heterocycles. The third kappa shape index (κ3) is 3.19. The Morgan fingerprint density at radius 2 is 1.88 bits per heavy atom. The van der Waals surface area contributed by atoms with Gasteiger partial charge in [0.2, 0.25) is 5.91 Å². The summed E-state index contributed by atoms with van der Waals surface area (Å²) in [6, 6.07) is 9.14. The zero-order valence-corrected chi connectivity index (χ0v) is 16.7. The Morgan fingerprint density at radius 3 is 2.50 bits per heavy atom. The first-order chi connectivity index (χ1) is 12.1. The Labute approximate surface area is 157 Å².